The summed E-state index contributed by atoms with van der Waals surface area (Å²) in [5.41, 5.74) is 23.0. The summed E-state index contributed by atoms with van der Waals surface area (Å²) in [6, 6.07) is 56.9. The molecule has 0 saturated carbocycles. The average Bonchev–Trinajstić information content (AvgIpc) is 4.05. The van der Waals surface area contributed by atoms with Gasteiger partial charge in [0.05, 0.1) is 6.04 Å². The molecule has 302 valence electrons. The van der Waals surface area contributed by atoms with Crippen LogP contribution >= 0.6 is 0 Å². The predicted molar refractivity (Wildman–Crippen MR) is 260 cm³/mol. The second-order valence-corrected chi connectivity index (χ2v) is 18.9. The van der Waals surface area contributed by atoms with Crippen LogP contribution in [0.5, 0.6) is 0 Å². The molecule has 2 nitrogen and oxygen atoms in total. The van der Waals surface area contributed by atoms with E-state index in [4.69, 9.17) is 0 Å². The van der Waals surface area contributed by atoms with Gasteiger partial charge < -0.3 is 9.80 Å². The predicted octanol–water partition coefficient (Wildman–Crippen LogP) is 14.9. The van der Waals surface area contributed by atoms with Crippen molar-refractivity contribution in [3.63, 3.8) is 0 Å². The first-order chi connectivity index (χ1) is 31.3. The van der Waals surface area contributed by atoms with Gasteiger partial charge in [0.2, 0.25) is 0 Å². The Kier molecular flexibility index (Phi) is 7.67. The van der Waals surface area contributed by atoms with Crippen LogP contribution in [0.2, 0.25) is 0 Å². The maximum atomic E-state index is 2.58. The Morgan fingerprint density at radius 1 is 0.619 bits per heavy atom. The number of allylic oxidation sites excluding steroid dienone is 11. The fourth-order valence-corrected chi connectivity index (χ4v) is 13.8. The zero-order valence-electron chi connectivity index (χ0n) is 35.3. The van der Waals surface area contributed by atoms with E-state index in [1.54, 1.807) is 33.4 Å². The zero-order valence-corrected chi connectivity index (χ0v) is 35.3. The summed E-state index contributed by atoms with van der Waals surface area (Å²) in [6.45, 7) is 0. The molecule has 0 amide bonds. The first-order valence-corrected chi connectivity index (χ1v) is 23.3. The molecule has 6 aromatic carbocycles. The second-order valence-electron chi connectivity index (χ2n) is 18.9. The number of rotatable bonds is 6. The number of benzene rings is 6. The molecule has 2 heteroatoms. The van der Waals surface area contributed by atoms with Gasteiger partial charge in [-0.15, -0.1) is 0 Å². The quantitative estimate of drug-likeness (QED) is 0.155. The molecule has 0 N–H and O–H groups in total. The summed E-state index contributed by atoms with van der Waals surface area (Å²) in [5.74, 6) is 2.21. The molecule has 1 heterocycles. The van der Waals surface area contributed by atoms with E-state index in [-0.39, 0.29) is 17.4 Å². The maximum absolute atomic E-state index is 2.58. The summed E-state index contributed by atoms with van der Waals surface area (Å²) >= 11 is 0. The number of fused-ring (bicyclic) bond motifs is 7. The van der Waals surface area contributed by atoms with Crippen LogP contribution in [0, 0.1) is 11.8 Å². The lowest BCUT2D eigenvalue weighted by Gasteiger charge is -2.39. The molecule has 1 spiro atoms. The Balaban J connectivity index is 0.835. The van der Waals surface area contributed by atoms with E-state index < -0.39 is 0 Å². The van der Waals surface area contributed by atoms with E-state index in [0.29, 0.717) is 23.7 Å². The van der Waals surface area contributed by atoms with Gasteiger partial charge in [-0.1, -0.05) is 169 Å². The Morgan fingerprint density at radius 3 is 2.19 bits per heavy atom. The lowest BCUT2D eigenvalue weighted by Crippen LogP contribution is -2.34. The van der Waals surface area contributed by atoms with Crippen LogP contribution in [0.1, 0.15) is 71.3 Å². The molecular weight excluding hydrogens is 761 g/mol. The molecule has 0 bridgehead atoms. The van der Waals surface area contributed by atoms with Gasteiger partial charge in [0.1, 0.15) is 0 Å². The largest absolute Gasteiger partial charge is 0.333 e. The van der Waals surface area contributed by atoms with Crippen molar-refractivity contribution < 1.29 is 0 Å². The highest BCUT2D eigenvalue weighted by Crippen LogP contribution is 2.74. The van der Waals surface area contributed by atoms with E-state index in [2.05, 4.69) is 216 Å². The summed E-state index contributed by atoms with van der Waals surface area (Å²) in [6.07, 6.45) is 26.7. The Morgan fingerprint density at radius 2 is 1.35 bits per heavy atom. The van der Waals surface area contributed by atoms with Gasteiger partial charge in [0.25, 0.3) is 0 Å². The Hall–Kier alpha value is -6.90. The number of anilines is 4. The minimum absolute atomic E-state index is 0.0197. The first kappa shape index (κ1) is 35.7. The molecular formula is C61H48N2. The molecule has 6 unspecified atom stereocenters. The van der Waals surface area contributed by atoms with Gasteiger partial charge in [-0.2, -0.15) is 0 Å². The fourth-order valence-electron chi connectivity index (χ4n) is 13.8. The van der Waals surface area contributed by atoms with Crippen LogP contribution in [0.15, 0.2) is 229 Å². The molecule has 0 fully saturated rings. The number of hydrogen-bond donors (Lipinski definition) is 0. The standard InChI is InChI=1S/C61H48N2/c1-3-13-39(14-4-1)40-25-30-44(31-26-40)62(46-34-36-58-54(38-46)49-18-8-10-24-57(49)63(58)43-15-5-2-6-16-43)45-32-27-41(28-33-45)42-29-35-48-51-20-12-22-53-52-21-11-19-50-47-17-7-9-23-55(47)61(59(50)52,60(51)53)56(48)37-42/h1-19,21-28,30-34,36,38,42,47,51,54-55,58H,20,29,35,37H2/t42?,47?,51-,54?,55?,58?,61?/m1/s1. The van der Waals surface area contributed by atoms with Crippen LogP contribution in [0.25, 0.3) is 16.7 Å². The van der Waals surface area contributed by atoms with Crippen LogP contribution in [0.4, 0.5) is 22.7 Å². The van der Waals surface area contributed by atoms with Crippen LogP contribution in [-0.4, -0.2) is 6.04 Å². The normalized spacial score (nSPS) is 27.2. The van der Waals surface area contributed by atoms with Crippen molar-refractivity contribution >= 4 is 28.3 Å². The van der Waals surface area contributed by atoms with Crippen molar-refractivity contribution in [1.29, 1.82) is 0 Å². The fraction of sp³-hybridized carbons (Fsp3) is 0.180. The van der Waals surface area contributed by atoms with Crippen LogP contribution in [0.3, 0.4) is 0 Å². The van der Waals surface area contributed by atoms with Crippen molar-refractivity contribution in [2.24, 2.45) is 11.8 Å². The second kappa shape index (κ2) is 13.5. The molecule has 0 radical (unpaired) electrons. The van der Waals surface area contributed by atoms with Crippen molar-refractivity contribution in [3.05, 3.63) is 257 Å². The van der Waals surface area contributed by atoms with Gasteiger partial charge in [-0.3, -0.25) is 0 Å². The molecule has 1 aliphatic heterocycles. The average molecular weight is 809 g/mol. The van der Waals surface area contributed by atoms with E-state index in [1.165, 1.54) is 69.1 Å². The lowest BCUT2D eigenvalue weighted by atomic mass is 9.63. The third-order valence-electron chi connectivity index (χ3n) is 16.2. The van der Waals surface area contributed by atoms with E-state index in [1.807, 2.05) is 0 Å². The third-order valence-corrected chi connectivity index (χ3v) is 16.2. The molecule has 63 heavy (non-hydrogen) atoms. The van der Waals surface area contributed by atoms with Crippen molar-refractivity contribution in [1.82, 2.24) is 0 Å². The van der Waals surface area contributed by atoms with Crippen molar-refractivity contribution in [2.75, 3.05) is 9.80 Å². The number of para-hydroxylation sites is 2. The van der Waals surface area contributed by atoms with Crippen LogP contribution in [-0.2, 0) is 5.41 Å². The molecule has 14 rings (SSSR count). The number of nitrogens with zero attached hydrogens (tertiary/aromatic N) is 2. The highest BCUT2D eigenvalue weighted by molar-refractivity contribution is 5.94. The number of hydrogen-bond acceptors (Lipinski definition) is 2. The summed E-state index contributed by atoms with van der Waals surface area (Å²) in [7, 11) is 0. The minimum atomic E-state index is 0.0197. The summed E-state index contributed by atoms with van der Waals surface area (Å²) in [5, 5.41) is 0. The van der Waals surface area contributed by atoms with E-state index >= 15 is 0 Å². The smallest absolute Gasteiger partial charge is 0.0631 e. The third kappa shape index (κ3) is 4.95. The van der Waals surface area contributed by atoms with Crippen LogP contribution < -0.4 is 9.80 Å². The van der Waals surface area contributed by atoms with Gasteiger partial charge in [0, 0.05) is 57.5 Å². The molecule has 8 aliphatic rings. The van der Waals surface area contributed by atoms with Gasteiger partial charge >= 0.3 is 0 Å². The molecule has 0 aromatic heterocycles. The molecule has 7 aliphatic carbocycles. The highest BCUT2D eigenvalue weighted by Gasteiger charge is 2.65. The molecule has 7 atom stereocenters. The van der Waals surface area contributed by atoms with Crippen molar-refractivity contribution in [3.8, 4) is 11.1 Å². The van der Waals surface area contributed by atoms with Gasteiger partial charge in [0.15, 0.2) is 0 Å². The summed E-state index contributed by atoms with van der Waals surface area (Å²) in [4.78, 5) is 5.01. The van der Waals surface area contributed by atoms with Gasteiger partial charge in [-0.25, -0.2) is 0 Å². The maximum Gasteiger partial charge on any atom is 0.0631 e. The molecule has 0 saturated heterocycles. The van der Waals surface area contributed by atoms with E-state index in [9.17, 15) is 0 Å². The summed E-state index contributed by atoms with van der Waals surface area (Å²) < 4.78 is 0. The van der Waals surface area contributed by atoms with E-state index in [0.717, 1.165) is 12.8 Å². The Labute approximate surface area is 370 Å². The first-order valence-electron chi connectivity index (χ1n) is 23.3. The molecule has 6 aromatic rings. The zero-order chi connectivity index (χ0) is 41.2. The lowest BCUT2D eigenvalue weighted by molar-refractivity contribution is 0.421. The monoisotopic (exact) mass is 808 g/mol. The topological polar surface area (TPSA) is 6.48 Å². The van der Waals surface area contributed by atoms with Crippen molar-refractivity contribution in [2.45, 2.75) is 54.9 Å². The SMILES string of the molecule is C1=CC2c3cccc4c3C3(C5=C(CCC(c6ccc(N(C7=CC8c9ccccc9N(c9ccccc9)C8C=C7)c7ccc(-c8ccccc8)cc7)cc6)C5)[C@H]5CC=CC4=C53)C2C=C1. The highest BCUT2D eigenvalue weighted by atomic mass is 15.2. The Bertz CT molecular complexity index is 3080. The van der Waals surface area contributed by atoms with Gasteiger partial charge in [-0.05, 0) is 130 Å². The minimum Gasteiger partial charge on any atom is -0.333 e.